The molecule has 0 aliphatic carbocycles. The van der Waals surface area contributed by atoms with Crippen LogP contribution in [0.2, 0.25) is 10.0 Å². The molecule has 0 spiro atoms. The number of amides is 1. The Bertz CT molecular complexity index is 775. The molecule has 8 heteroatoms. The lowest BCUT2D eigenvalue weighted by Crippen LogP contribution is -2.42. The maximum Gasteiger partial charge on any atom is 0.407 e. The molecule has 1 aliphatic rings. The van der Waals surface area contributed by atoms with E-state index in [9.17, 15) is 14.7 Å². The molecule has 0 saturated carbocycles. The number of carbonyl (C=O) groups is 2. The summed E-state index contributed by atoms with van der Waals surface area (Å²) in [7, 11) is 0. The molecule has 6 nitrogen and oxygen atoms in total. The average molecular weight is 444 g/mol. The number of nitrogens with zero attached hydrogens (tertiary/aromatic N) is 1. The minimum absolute atomic E-state index is 0.192. The fourth-order valence-electron chi connectivity index (χ4n) is 3.16. The van der Waals surface area contributed by atoms with Crippen LogP contribution in [0.3, 0.4) is 0 Å². The summed E-state index contributed by atoms with van der Waals surface area (Å²) in [6, 6.07) is 5.17. The van der Waals surface area contributed by atoms with E-state index in [0.717, 1.165) is 5.56 Å². The first-order valence-corrected chi connectivity index (χ1v) is 10.2. The maximum absolute atomic E-state index is 11.9. The lowest BCUT2D eigenvalue weighted by molar-refractivity contribution is -0.137. The second kappa shape index (κ2) is 9.83. The molecule has 29 heavy (non-hydrogen) atoms. The van der Waals surface area contributed by atoms with Gasteiger partial charge in [-0.25, -0.2) is 9.59 Å². The van der Waals surface area contributed by atoms with E-state index in [1.165, 1.54) is 11.0 Å². The summed E-state index contributed by atoms with van der Waals surface area (Å²) in [5.74, 6) is -0.852. The standard InChI is InChI=1S/C21H27Cl2NO5/c1-5-28-19(25)9-8-17-14(13-6-7-15(22)16(23)10-13)11-24(20(26)27)12-18(29-17)21(2,3)4/h6-10,14,17-18H,5,11-12H2,1-4H3,(H,26,27)/b9-8+/t14-,17-,18-/m1/s1. The highest BCUT2D eigenvalue weighted by Gasteiger charge is 2.39. The summed E-state index contributed by atoms with van der Waals surface area (Å²) in [6.45, 7) is 8.38. The van der Waals surface area contributed by atoms with E-state index < -0.39 is 18.2 Å². The summed E-state index contributed by atoms with van der Waals surface area (Å²) >= 11 is 12.2. The topological polar surface area (TPSA) is 76.1 Å². The summed E-state index contributed by atoms with van der Waals surface area (Å²) in [5.41, 5.74) is 0.467. The first-order valence-electron chi connectivity index (χ1n) is 9.46. The normalized spacial score (nSPS) is 23.1. The highest BCUT2D eigenvalue weighted by atomic mass is 35.5. The van der Waals surface area contributed by atoms with Crippen molar-refractivity contribution in [1.29, 1.82) is 0 Å². The van der Waals surface area contributed by atoms with E-state index >= 15 is 0 Å². The number of ether oxygens (including phenoxy) is 2. The number of benzene rings is 1. The Morgan fingerprint density at radius 3 is 2.52 bits per heavy atom. The van der Waals surface area contributed by atoms with Gasteiger partial charge in [0.05, 0.1) is 35.4 Å². The summed E-state index contributed by atoms with van der Waals surface area (Å²) in [5, 5.41) is 10.5. The molecule has 3 atom stereocenters. The van der Waals surface area contributed by atoms with Crippen molar-refractivity contribution in [3.05, 3.63) is 46.0 Å². The van der Waals surface area contributed by atoms with Crippen LogP contribution >= 0.6 is 23.2 Å². The third kappa shape index (κ3) is 6.36. The van der Waals surface area contributed by atoms with E-state index in [0.29, 0.717) is 10.0 Å². The van der Waals surface area contributed by atoms with E-state index in [1.807, 2.05) is 20.8 Å². The molecule has 1 amide bonds. The van der Waals surface area contributed by atoms with Crippen molar-refractivity contribution in [3.63, 3.8) is 0 Å². The third-order valence-corrected chi connectivity index (χ3v) is 5.58. The first-order chi connectivity index (χ1) is 13.5. The SMILES string of the molecule is CCOC(=O)/C=C/[C@H]1O[C@@H](C(C)(C)C)CN(C(=O)O)C[C@@H]1c1ccc(Cl)c(Cl)c1. The molecule has 1 saturated heterocycles. The molecule has 1 aromatic rings. The van der Waals surface area contributed by atoms with Gasteiger partial charge in [0.1, 0.15) is 0 Å². The molecule has 0 bridgehead atoms. The van der Waals surface area contributed by atoms with E-state index in [1.54, 1.807) is 31.2 Å². The Hall–Kier alpha value is -1.76. The number of rotatable bonds is 4. The Balaban J connectivity index is 2.48. The predicted octanol–water partition coefficient (Wildman–Crippen LogP) is 4.99. The third-order valence-electron chi connectivity index (χ3n) is 4.84. The van der Waals surface area contributed by atoms with Gasteiger partial charge in [-0.1, -0.05) is 50.0 Å². The monoisotopic (exact) mass is 443 g/mol. The predicted molar refractivity (Wildman–Crippen MR) is 113 cm³/mol. The Morgan fingerprint density at radius 1 is 1.28 bits per heavy atom. The van der Waals surface area contributed by atoms with Crippen molar-refractivity contribution in [1.82, 2.24) is 4.90 Å². The molecule has 1 N–H and O–H groups in total. The van der Waals surface area contributed by atoms with Crippen LogP contribution in [0.5, 0.6) is 0 Å². The summed E-state index contributed by atoms with van der Waals surface area (Å²) in [4.78, 5) is 25.1. The van der Waals surface area contributed by atoms with Crippen LogP contribution in [-0.4, -0.2) is 54.0 Å². The number of halogens is 2. The number of carboxylic acid groups (broad SMARTS) is 1. The van der Waals surface area contributed by atoms with Crippen molar-refractivity contribution < 1.29 is 24.2 Å². The second-order valence-corrected chi connectivity index (χ2v) is 8.85. The summed E-state index contributed by atoms with van der Waals surface area (Å²) < 4.78 is 11.3. The van der Waals surface area contributed by atoms with Crippen molar-refractivity contribution in [2.45, 2.75) is 45.8 Å². The van der Waals surface area contributed by atoms with Gasteiger partial charge in [0.15, 0.2) is 0 Å². The van der Waals surface area contributed by atoms with E-state index in [2.05, 4.69) is 0 Å². The lowest BCUT2D eigenvalue weighted by Gasteiger charge is -2.33. The minimum atomic E-state index is -1.03. The average Bonchev–Trinajstić information content (AvgIpc) is 2.82. The Kier molecular flexibility index (Phi) is 7.97. The van der Waals surface area contributed by atoms with Crippen molar-refractivity contribution >= 4 is 35.3 Å². The van der Waals surface area contributed by atoms with Crippen molar-refractivity contribution in [2.75, 3.05) is 19.7 Å². The molecule has 160 valence electrons. The lowest BCUT2D eigenvalue weighted by atomic mass is 9.88. The van der Waals surface area contributed by atoms with Crippen LogP contribution < -0.4 is 0 Å². The fraction of sp³-hybridized carbons (Fsp3) is 0.524. The molecule has 1 fully saturated rings. The maximum atomic E-state index is 11.9. The van der Waals surface area contributed by atoms with Gasteiger partial charge in [-0.15, -0.1) is 0 Å². The quantitative estimate of drug-likeness (QED) is 0.523. The molecule has 2 rings (SSSR count). The summed E-state index contributed by atoms with van der Waals surface area (Å²) in [6.07, 6.45) is 1.01. The van der Waals surface area contributed by atoms with Gasteiger partial charge >= 0.3 is 12.1 Å². The van der Waals surface area contributed by atoms with Crippen molar-refractivity contribution in [3.8, 4) is 0 Å². The van der Waals surface area contributed by atoms with Crippen LogP contribution in [0.25, 0.3) is 0 Å². The molecular formula is C21H27Cl2NO5. The van der Waals surface area contributed by atoms with Crippen molar-refractivity contribution in [2.24, 2.45) is 5.41 Å². The zero-order chi connectivity index (χ0) is 21.8. The smallest absolute Gasteiger partial charge is 0.407 e. The van der Waals surface area contributed by atoms with Gasteiger partial charge in [0.2, 0.25) is 0 Å². The largest absolute Gasteiger partial charge is 0.465 e. The van der Waals surface area contributed by atoms with Gasteiger partial charge in [0, 0.05) is 18.5 Å². The zero-order valence-electron chi connectivity index (χ0n) is 17.0. The molecule has 0 unspecified atom stereocenters. The number of esters is 1. The van der Waals surface area contributed by atoms with Gasteiger partial charge in [-0.2, -0.15) is 0 Å². The minimum Gasteiger partial charge on any atom is -0.465 e. The van der Waals surface area contributed by atoms with Crippen LogP contribution in [-0.2, 0) is 14.3 Å². The number of hydrogen-bond acceptors (Lipinski definition) is 4. The van der Waals surface area contributed by atoms with Gasteiger partial charge < -0.3 is 19.5 Å². The molecular weight excluding hydrogens is 417 g/mol. The first kappa shape index (κ1) is 23.5. The Labute approximate surface area is 181 Å². The number of carbonyl (C=O) groups excluding carboxylic acids is 1. The number of hydrogen-bond donors (Lipinski definition) is 1. The fourth-order valence-corrected chi connectivity index (χ4v) is 3.47. The van der Waals surface area contributed by atoms with E-state index in [-0.39, 0.29) is 37.1 Å². The molecule has 0 aromatic heterocycles. The van der Waals surface area contributed by atoms with Crippen LogP contribution in [0.15, 0.2) is 30.4 Å². The van der Waals surface area contributed by atoms with Crippen LogP contribution in [0, 0.1) is 5.41 Å². The highest BCUT2D eigenvalue weighted by molar-refractivity contribution is 6.42. The second-order valence-electron chi connectivity index (χ2n) is 8.03. The van der Waals surface area contributed by atoms with Gasteiger partial charge in [-0.3, -0.25) is 0 Å². The highest BCUT2D eigenvalue weighted by Crippen LogP contribution is 2.36. The molecule has 1 aliphatic heterocycles. The van der Waals surface area contributed by atoms with Gasteiger partial charge in [0.25, 0.3) is 0 Å². The van der Waals surface area contributed by atoms with E-state index in [4.69, 9.17) is 32.7 Å². The van der Waals surface area contributed by atoms with Gasteiger partial charge in [-0.05, 0) is 36.1 Å². The van der Waals surface area contributed by atoms with Crippen LogP contribution in [0.4, 0.5) is 4.79 Å². The molecule has 1 heterocycles. The molecule has 0 radical (unpaired) electrons. The van der Waals surface area contributed by atoms with Crippen LogP contribution in [0.1, 0.15) is 39.2 Å². The Morgan fingerprint density at radius 2 is 1.97 bits per heavy atom. The zero-order valence-corrected chi connectivity index (χ0v) is 18.5. The molecule has 1 aromatic carbocycles.